The van der Waals surface area contributed by atoms with Crippen molar-refractivity contribution in [2.75, 3.05) is 19.3 Å². The van der Waals surface area contributed by atoms with Crippen LogP contribution in [0.5, 0.6) is 0 Å². The Balaban J connectivity index is 2.19. The van der Waals surface area contributed by atoms with Gasteiger partial charge in [-0.05, 0) is 24.1 Å². The molecule has 0 amide bonds. The van der Waals surface area contributed by atoms with E-state index >= 15 is 0 Å². The zero-order valence-electron chi connectivity index (χ0n) is 12.0. The maximum absolute atomic E-state index is 12.4. The van der Waals surface area contributed by atoms with Crippen molar-refractivity contribution in [2.45, 2.75) is 17.1 Å². The summed E-state index contributed by atoms with van der Waals surface area (Å²) >= 11 is 0. The summed E-state index contributed by atoms with van der Waals surface area (Å²) in [6.45, 7) is 0.132. The fourth-order valence-electron chi connectivity index (χ4n) is 2.36. The summed E-state index contributed by atoms with van der Waals surface area (Å²) in [5, 5.41) is 8.93. The van der Waals surface area contributed by atoms with Gasteiger partial charge in [0.1, 0.15) is 0 Å². The van der Waals surface area contributed by atoms with E-state index < -0.39 is 31.7 Å². The van der Waals surface area contributed by atoms with Gasteiger partial charge in [0.2, 0.25) is 10.0 Å². The number of carbonyl (C=O) groups is 1. The lowest BCUT2D eigenvalue weighted by Crippen LogP contribution is -2.30. The average Bonchev–Trinajstić information content (AvgIpc) is 2.87. The van der Waals surface area contributed by atoms with Crippen molar-refractivity contribution in [3.63, 3.8) is 0 Å². The molecule has 7 nitrogen and oxygen atoms in total. The van der Waals surface area contributed by atoms with E-state index in [2.05, 4.69) is 0 Å². The number of rotatable bonds is 5. The number of carboxylic acids is 1. The van der Waals surface area contributed by atoms with Gasteiger partial charge in [0.05, 0.1) is 16.6 Å². The molecular weight excluding hydrogens is 330 g/mol. The van der Waals surface area contributed by atoms with Crippen LogP contribution in [-0.4, -0.2) is 51.6 Å². The number of hydrogen-bond donors (Lipinski definition) is 1. The first-order valence-electron chi connectivity index (χ1n) is 6.59. The number of nitrogens with zero attached hydrogens (tertiary/aromatic N) is 1. The molecule has 0 aromatic heterocycles. The first-order valence-corrected chi connectivity index (χ1v) is 10.1. The Morgan fingerprint density at radius 1 is 1.23 bits per heavy atom. The van der Waals surface area contributed by atoms with Crippen molar-refractivity contribution >= 4 is 25.8 Å². The normalized spacial score (nSPS) is 20.1. The van der Waals surface area contributed by atoms with Gasteiger partial charge in [-0.25, -0.2) is 16.8 Å². The number of carboxylic acid groups (broad SMARTS) is 1. The third-order valence-corrected chi connectivity index (χ3v) is 6.23. The number of sulfone groups is 1. The molecule has 1 atom stereocenters. The van der Waals surface area contributed by atoms with Crippen molar-refractivity contribution in [1.82, 2.24) is 4.31 Å². The molecule has 1 heterocycles. The quantitative estimate of drug-likeness (QED) is 0.822. The Morgan fingerprint density at radius 3 is 2.27 bits per heavy atom. The topological polar surface area (TPSA) is 109 Å². The van der Waals surface area contributed by atoms with Crippen LogP contribution < -0.4 is 0 Å². The molecule has 1 N–H and O–H groups in total. The van der Waals surface area contributed by atoms with E-state index in [0.29, 0.717) is 12.0 Å². The molecule has 0 aliphatic carbocycles. The number of aliphatic carboxylic acids is 1. The maximum Gasteiger partial charge on any atom is 0.307 e. The summed E-state index contributed by atoms with van der Waals surface area (Å²) in [4.78, 5) is 10.9. The van der Waals surface area contributed by atoms with Gasteiger partial charge >= 0.3 is 5.97 Å². The lowest BCUT2D eigenvalue weighted by Gasteiger charge is -2.16. The molecule has 0 saturated carbocycles. The molecule has 1 aliphatic rings. The molecule has 1 unspecified atom stereocenters. The Bertz CT molecular complexity index is 767. The number of sulfonamides is 1. The first kappa shape index (κ1) is 16.9. The van der Waals surface area contributed by atoms with E-state index in [4.69, 9.17) is 5.11 Å². The second-order valence-electron chi connectivity index (χ2n) is 5.40. The molecule has 122 valence electrons. The zero-order chi connectivity index (χ0) is 16.5. The molecule has 1 fully saturated rings. The minimum atomic E-state index is -3.75. The maximum atomic E-state index is 12.4. The van der Waals surface area contributed by atoms with Crippen molar-refractivity contribution in [3.05, 3.63) is 29.8 Å². The summed E-state index contributed by atoms with van der Waals surface area (Å²) in [5.41, 5.74) is 0.506. The largest absolute Gasteiger partial charge is 0.481 e. The van der Waals surface area contributed by atoms with Gasteiger partial charge in [0, 0.05) is 19.3 Å². The summed E-state index contributed by atoms with van der Waals surface area (Å²) in [7, 11) is -6.93. The van der Waals surface area contributed by atoms with E-state index in [1.807, 2.05) is 0 Å². The van der Waals surface area contributed by atoms with Gasteiger partial charge in [0.25, 0.3) is 0 Å². The average molecular weight is 347 g/mol. The molecule has 9 heteroatoms. The molecule has 1 aromatic carbocycles. The smallest absolute Gasteiger partial charge is 0.307 e. The van der Waals surface area contributed by atoms with E-state index in [-0.39, 0.29) is 23.7 Å². The first-order chi connectivity index (χ1) is 10.1. The standard InChI is InChI=1S/C13H17NO6S2/c1-21(17,18)9-10-2-4-12(5-3-10)22(19,20)14-7-6-11(8-14)13(15)16/h2-5,11H,6-9H2,1H3,(H,15,16). The van der Waals surface area contributed by atoms with Crippen LogP contribution in [0, 0.1) is 5.92 Å². The third kappa shape index (κ3) is 3.84. The van der Waals surface area contributed by atoms with Crippen LogP contribution in [0.25, 0.3) is 0 Å². The van der Waals surface area contributed by atoms with Crippen molar-refractivity contribution in [2.24, 2.45) is 5.92 Å². The van der Waals surface area contributed by atoms with Crippen LogP contribution >= 0.6 is 0 Å². The number of hydrogen-bond acceptors (Lipinski definition) is 5. The molecule has 0 bridgehead atoms. The van der Waals surface area contributed by atoms with Crippen LogP contribution in [0.15, 0.2) is 29.2 Å². The lowest BCUT2D eigenvalue weighted by molar-refractivity contribution is -0.141. The lowest BCUT2D eigenvalue weighted by atomic mass is 10.1. The number of benzene rings is 1. The van der Waals surface area contributed by atoms with Crippen LogP contribution in [0.3, 0.4) is 0 Å². The minimum absolute atomic E-state index is 0.0378. The summed E-state index contributed by atoms with van der Waals surface area (Å²) in [5.74, 6) is -1.83. The predicted octanol–water partition coefficient (Wildman–Crippen LogP) is 0.326. The minimum Gasteiger partial charge on any atom is -0.481 e. The monoisotopic (exact) mass is 347 g/mol. The molecular formula is C13H17NO6S2. The molecule has 0 radical (unpaired) electrons. The van der Waals surface area contributed by atoms with Gasteiger partial charge in [-0.2, -0.15) is 4.31 Å². The van der Waals surface area contributed by atoms with E-state index in [9.17, 15) is 21.6 Å². The Kier molecular flexibility index (Phi) is 4.59. The Hall–Kier alpha value is -1.45. The molecule has 2 rings (SSSR count). The molecule has 1 aliphatic heterocycles. The highest BCUT2D eigenvalue weighted by Gasteiger charge is 2.35. The van der Waals surface area contributed by atoms with Gasteiger partial charge < -0.3 is 5.11 Å². The fourth-order valence-corrected chi connectivity index (χ4v) is 4.66. The summed E-state index contributed by atoms with van der Waals surface area (Å²) in [6, 6.07) is 5.62. The second-order valence-corrected chi connectivity index (χ2v) is 9.48. The van der Waals surface area contributed by atoms with Gasteiger partial charge in [-0.1, -0.05) is 12.1 Å². The van der Waals surface area contributed by atoms with Gasteiger partial charge in [-0.15, -0.1) is 0 Å². The zero-order valence-corrected chi connectivity index (χ0v) is 13.6. The highest BCUT2D eigenvalue weighted by molar-refractivity contribution is 7.90. The van der Waals surface area contributed by atoms with Crippen LogP contribution in [-0.2, 0) is 30.4 Å². The Labute approximate surface area is 129 Å². The van der Waals surface area contributed by atoms with E-state index in [1.54, 1.807) is 0 Å². The third-order valence-electron chi connectivity index (χ3n) is 3.49. The van der Waals surface area contributed by atoms with Crippen molar-refractivity contribution in [3.8, 4) is 0 Å². The van der Waals surface area contributed by atoms with Crippen LogP contribution in [0.1, 0.15) is 12.0 Å². The molecule has 1 aromatic rings. The summed E-state index contributed by atoms with van der Waals surface area (Å²) in [6.07, 6.45) is 1.40. The van der Waals surface area contributed by atoms with Crippen LogP contribution in [0.4, 0.5) is 0 Å². The van der Waals surface area contributed by atoms with Gasteiger partial charge in [-0.3, -0.25) is 4.79 Å². The Morgan fingerprint density at radius 2 is 1.82 bits per heavy atom. The fraction of sp³-hybridized carbons (Fsp3) is 0.462. The summed E-state index contributed by atoms with van der Waals surface area (Å²) < 4.78 is 48.4. The van der Waals surface area contributed by atoms with E-state index in [1.165, 1.54) is 24.3 Å². The van der Waals surface area contributed by atoms with Crippen molar-refractivity contribution < 1.29 is 26.7 Å². The van der Waals surface area contributed by atoms with E-state index in [0.717, 1.165) is 10.6 Å². The molecule has 1 saturated heterocycles. The molecule has 0 spiro atoms. The highest BCUT2D eigenvalue weighted by Crippen LogP contribution is 2.24. The highest BCUT2D eigenvalue weighted by atomic mass is 32.2. The SMILES string of the molecule is CS(=O)(=O)Cc1ccc(S(=O)(=O)N2CCC(C(=O)O)C2)cc1. The van der Waals surface area contributed by atoms with Crippen molar-refractivity contribution in [1.29, 1.82) is 0 Å². The predicted molar refractivity (Wildman–Crippen MR) is 79.5 cm³/mol. The van der Waals surface area contributed by atoms with Gasteiger partial charge in [0.15, 0.2) is 9.84 Å². The second kappa shape index (κ2) is 5.98. The van der Waals surface area contributed by atoms with Crippen LogP contribution in [0.2, 0.25) is 0 Å². The molecule has 22 heavy (non-hydrogen) atoms.